The van der Waals surface area contributed by atoms with Gasteiger partial charge in [0.1, 0.15) is 0 Å². The maximum atomic E-state index is 11.2. The molecule has 0 spiro atoms. The molecule has 1 aliphatic heterocycles. The van der Waals surface area contributed by atoms with E-state index >= 15 is 0 Å². The number of β-amino-alcohol motifs (C(OH)–C–C–N with tert-alkyl or cyclic N) is 1. The summed E-state index contributed by atoms with van der Waals surface area (Å²) >= 11 is 0. The van der Waals surface area contributed by atoms with Crippen LogP contribution < -0.4 is 5.73 Å². The number of carbonyl (C=O) groups is 1. The van der Waals surface area contributed by atoms with Crippen LogP contribution in [0.1, 0.15) is 12.0 Å². The summed E-state index contributed by atoms with van der Waals surface area (Å²) in [6.07, 6.45) is 0.00327. The fourth-order valence-electron chi connectivity index (χ4n) is 2.17. The minimum Gasteiger partial charge on any atom is -0.392 e. The summed E-state index contributed by atoms with van der Waals surface area (Å²) in [5.41, 5.74) is 6.44. The number of benzene rings is 1. The standard InChI is InChI=1S/C12H16N2O2/c13-12(16)11-6-10(15)8-14(11)7-9-4-2-1-3-5-9/h1-5,10-11,15H,6-8H2,(H2,13,16)/t10-,11+/m1/s1. The van der Waals surface area contributed by atoms with Crippen LogP contribution in [0.2, 0.25) is 0 Å². The molecule has 1 aromatic rings. The molecule has 0 aliphatic carbocycles. The van der Waals surface area contributed by atoms with Gasteiger partial charge in [-0.2, -0.15) is 0 Å². The van der Waals surface area contributed by atoms with Gasteiger partial charge in [-0.15, -0.1) is 0 Å². The number of nitrogens with two attached hydrogens (primary N) is 1. The van der Waals surface area contributed by atoms with Gasteiger partial charge in [-0.05, 0) is 12.0 Å². The summed E-state index contributed by atoms with van der Waals surface area (Å²) in [4.78, 5) is 13.2. The summed E-state index contributed by atoms with van der Waals surface area (Å²) in [6.45, 7) is 1.17. The number of carbonyl (C=O) groups excluding carboxylic acids is 1. The van der Waals surface area contributed by atoms with Gasteiger partial charge in [0.25, 0.3) is 0 Å². The maximum Gasteiger partial charge on any atom is 0.234 e. The molecule has 1 aliphatic rings. The van der Waals surface area contributed by atoms with Crippen molar-refractivity contribution >= 4 is 5.91 Å². The highest BCUT2D eigenvalue weighted by molar-refractivity contribution is 5.80. The van der Waals surface area contributed by atoms with Crippen LogP contribution in [0.5, 0.6) is 0 Å². The van der Waals surface area contributed by atoms with E-state index in [0.29, 0.717) is 19.5 Å². The molecule has 0 radical (unpaired) electrons. The summed E-state index contributed by atoms with van der Waals surface area (Å²) in [5.74, 6) is -0.354. The third-order valence-corrected chi connectivity index (χ3v) is 2.94. The Hall–Kier alpha value is -1.39. The quantitative estimate of drug-likeness (QED) is 0.759. The molecule has 0 saturated carbocycles. The third kappa shape index (κ3) is 2.40. The van der Waals surface area contributed by atoms with E-state index < -0.39 is 6.10 Å². The van der Waals surface area contributed by atoms with Gasteiger partial charge in [0.2, 0.25) is 5.91 Å². The Kier molecular flexibility index (Phi) is 3.22. The van der Waals surface area contributed by atoms with E-state index in [1.54, 1.807) is 0 Å². The Morgan fingerprint density at radius 2 is 2.12 bits per heavy atom. The largest absolute Gasteiger partial charge is 0.392 e. The molecule has 2 rings (SSSR count). The second-order valence-corrected chi connectivity index (χ2v) is 4.22. The Morgan fingerprint density at radius 1 is 1.44 bits per heavy atom. The molecule has 4 nitrogen and oxygen atoms in total. The molecule has 1 amide bonds. The molecule has 1 fully saturated rings. The predicted molar refractivity (Wildman–Crippen MR) is 60.5 cm³/mol. The summed E-state index contributed by atoms with van der Waals surface area (Å²) in [6, 6.07) is 9.54. The fraction of sp³-hybridized carbons (Fsp3) is 0.417. The van der Waals surface area contributed by atoms with Crippen LogP contribution in [-0.2, 0) is 11.3 Å². The highest BCUT2D eigenvalue weighted by atomic mass is 16.3. The number of amides is 1. The van der Waals surface area contributed by atoms with Crippen LogP contribution in [0.3, 0.4) is 0 Å². The monoisotopic (exact) mass is 220 g/mol. The maximum absolute atomic E-state index is 11.2. The first-order chi connectivity index (χ1) is 7.66. The van der Waals surface area contributed by atoms with Crippen molar-refractivity contribution in [1.29, 1.82) is 0 Å². The van der Waals surface area contributed by atoms with Crippen LogP contribution in [-0.4, -0.2) is 34.6 Å². The highest BCUT2D eigenvalue weighted by Crippen LogP contribution is 2.20. The van der Waals surface area contributed by atoms with Gasteiger partial charge in [-0.3, -0.25) is 9.69 Å². The van der Waals surface area contributed by atoms with Crippen molar-refractivity contribution < 1.29 is 9.90 Å². The normalized spacial score (nSPS) is 25.8. The van der Waals surface area contributed by atoms with Crippen LogP contribution in [0, 0.1) is 0 Å². The van der Waals surface area contributed by atoms with Crippen LogP contribution in [0.25, 0.3) is 0 Å². The molecule has 4 heteroatoms. The summed E-state index contributed by atoms with van der Waals surface area (Å²) in [7, 11) is 0. The SMILES string of the molecule is NC(=O)[C@@H]1C[C@@H](O)CN1Cc1ccccc1. The summed E-state index contributed by atoms with van der Waals surface area (Å²) in [5, 5.41) is 9.55. The molecule has 3 N–H and O–H groups in total. The third-order valence-electron chi connectivity index (χ3n) is 2.94. The van der Waals surface area contributed by atoms with Crippen molar-refractivity contribution in [3.8, 4) is 0 Å². The van der Waals surface area contributed by atoms with E-state index in [2.05, 4.69) is 0 Å². The van der Waals surface area contributed by atoms with Crippen molar-refractivity contribution in [3.63, 3.8) is 0 Å². The lowest BCUT2D eigenvalue weighted by atomic mass is 10.1. The van der Waals surface area contributed by atoms with E-state index in [9.17, 15) is 9.90 Å². The lowest BCUT2D eigenvalue weighted by Gasteiger charge is -2.21. The fourth-order valence-corrected chi connectivity index (χ4v) is 2.17. The molecule has 2 atom stereocenters. The van der Waals surface area contributed by atoms with Crippen molar-refractivity contribution in [2.45, 2.75) is 25.1 Å². The number of hydrogen-bond acceptors (Lipinski definition) is 3. The zero-order chi connectivity index (χ0) is 11.5. The van der Waals surface area contributed by atoms with Gasteiger partial charge >= 0.3 is 0 Å². The number of likely N-dealkylation sites (tertiary alicyclic amines) is 1. The second-order valence-electron chi connectivity index (χ2n) is 4.22. The number of aliphatic hydroxyl groups excluding tert-OH is 1. The lowest BCUT2D eigenvalue weighted by molar-refractivity contribution is -0.122. The average Bonchev–Trinajstić information content (AvgIpc) is 2.61. The van der Waals surface area contributed by atoms with Crippen LogP contribution in [0.15, 0.2) is 30.3 Å². The highest BCUT2D eigenvalue weighted by Gasteiger charge is 2.34. The first kappa shape index (κ1) is 11.1. The zero-order valence-electron chi connectivity index (χ0n) is 9.04. The van der Waals surface area contributed by atoms with Gasteiger partial charge in [0.05, 0.1) is 12.1 Å². The number of aliphatic hydroxyl groups is 1. The van der Waals surface area contributed by atoms with Crippen molar-refractivity contribution in [2.75, 3.05) is 6.54 Å². The Labute approximate surface area is 94.7 Å². The molecule has 16 heavy (non-hydrogen) atoms. The van der Waals surface area contributed by atoms with Crippen molar-refractivity contribution in [2.24, 2.45) is 5.73 Å². The molecule has 0 bridgehead atoms. The van der Waals surface area contributed by atoms with Crippen LogP contribution >= 0.6 is 0 Å². The van der Waals surface area contributed by atoms with Crippen molar-refractivity contribution in [3.05, 3.63) is 35.9 Å². The summed E-state index contributed by atoms with van der Waals surface area (Å²) < 4.78 is 0. The number of primary amides is 1. The molecule has 0 aromatic heterocycles. The van der Waals surface area contributed by atoms with Gasteiger partial charge < -0.3 is 10.8 Å². The minimum atomic E-state index is -0.443. The molecule has 1 saturated heterocycles. The van der Waals surface area contributed by atoms with E-state index in [1.165, 1.54) is 0 Å². The van der Waals surface area contributed by atoms with E-state index in [4.69, 9.17) is 5.73 Å². The molecular weight excluding hydrogens is 204 g/mol. The topological polar surface area (TPSA) is 66.6 Å². The number of hydrogen-bond donors (Lipinski definition) is 2. The molecule has 1 heterocycles. The molecular formula is C12H16N2O2. The van der Waals surface area contributed by atoms with Gasteiger partial charge in [0.15, 0.2) is 0 Å². The number of rotatable bonds is 3. The zero-order valence-corrected chi connectivity index (χ0v) is 9.04. The lowest BCUT2D eigenvalue weighted by Crippen LogP contribution is -2.39. The first-order valence-corrected chi connectivity index (χ1v) is 5.42. The molecule has 0 unspecified atom stereocenters. The molecule has 86 valence electrons. The predicted octanol–water partition coefficient (Wildman–Crippen LogP) is 0.107. The Morgan fingerprint density at radius 3 is 2.75 bits per heavy atom. The van der Waals surface area contributed by atoms with Gasteiger partial charge in [-0.25, -0.2) is 0 Å². The number of nitrogens with zero attached hydrogens (tertiary/aromatic N) is 1. The smallest absolute Gasteiger partial charge is 0.234 e. The Bertz CT molecular complexity index is 367. The average molecular weight is 220 g/mol. The van der Waals surface area contributed by atoms with E-state index in [1.807, 2.05) is 35.2 Å². The second kappa shape index (κ2) is 4.63. The first-order valence-electron chi connectivity index (χ1n) is 5.42. The van der Waals surface area contributed by atoms with E-state index in [0.717, 1.165) is 5.56 Å². The van der Waals surface area contributed by atoms with Crippen molar-refractivity contribution in [1.82, 2.24) is 4.90 Å². The minimum absolute atomic E-state index is 0.338. The van der Waals surface area contributed by atoms with Crippen LogP contribution in [0.4, 0.5) is 0 Å². The van der Waals surface area contributed by atoms with Gasteiger partial charge in [0, 0.05) is 13.1 Å². The molecule has 1 aromatic carbocycles. The Balaban J connectivity index is 2.06. The van der Waals surface area contributed by atoms with Gasteiger partial charge in [-0.1, -0.05) is 30.3 Å². The van der Waals surface area contributed by atoms with E-state index in [-0.39, 0.29) is 11.9 Å².